The minimum absolute atomic E-state index is 0.0200. The maximum Gasteiger partial charge on any atom is 0.433 e. The van der Waals surface area contributed by atoms with Crippen LogP contribution in [0.15, 0.2) is 39.8 Å². The van der Waals surface area contributed by atoms with Crippen molar-refractivity contribution in [3.05, 3.63) is 48.5 Å². The lowest BCUT2D eigenvalue weighted by atomic mass is 9.96. The number of aliphatic carboxylic acids is 1. The maximum atomic E-state index is 13.8. The molecule has 3 aromatic rings. The number of hydrogen-bond donors (Lipinski definition) is 1. The second kappa shape index (κ2) is 7.18. The van der Waals surface area contributed by atoms with Crippen molar-refractivity contribution >= 4 is 17.7 Å². The molecule has 0 spiro atoms. The Morgan fingerprint density at radius 3 is 2.20 bits per heavy atom. The van der Waals surface area contributed by atoms with Crippen molar-refractivity contribution in [3.63, 3.8) is 0 Å². The number of alkyl halides is 3. The molecule has 0 aromatic carbocycles. The zero-order valence-electron chi connectivity index (χ0n) is 18.6. The van der Waals surface area contributed by atoms with Gasteiger partial charge in [0.15, 0.2) is 5.69 Å². The molecular weight excluding hydrogens is 469 g/mol. The highest BCUT2D eigenvalue weighted by atomic mass is 19.4. The second-order valence-electron chi connectivity index (χ2n) is 9.36. The smallest absolute Gasteiger partial charge is 0.433 e. The van der Waals surface area contributed by atoms with E-state index in [4.69, 9.17) is 8.83 Å². The van der Waals surface area contributed by atoms with Crippen molar-refractivity contribution in [2.45, 2.75) is 42.8 Å². The molecule has 35 heavy (non-hydrogen) atoms. The SMILES string of the molecule is C[C@H]1CCN1c1nc(N2CC3(c4ncco4)C(CC(=O)O)C3(c3ncco3)C2)cc(C(F)(F)F)n1. The Labute approximate surface area is 196 Å². The second-order valence-corrected chi connectivity index (χ2v) is 9.36. The molecule has 2 saturated heterocycles. The molecule has 0 amide bonds. The van der Waals surface area contributed by atoms with Crippen molar-refractivity contribution < 1.29 is 31.9 Å². The lowest BCUT2D eigenvalue weighted by molar-refractivity contribution is -0.141. The van der Waals surface area contributed by atoms with E-state index < -0.39 is 34.6 Å². The largest absolute Gasteiger partial charge is 0.481 e. The van der Waals surface area contributed by atoms with Crippen LogP contribution in [0.2, 0.25) is 0 Å². The van der Waals surface area contributed by atoms with Crippen LogP contribution < -0.4 is 9.80 Å². The maximum absolute atomic E-state index is 13.8. The predicted molar refractivity (Wildman–Crippen MR) is 113 cm³/mol. The van der Waals surface area contributed by atoms with Gasteiger partial charge in [0.1, 0.15) is 18.3 Å². The van der Waals surface area contributed by atoms with Gasteiger partial charge in [-0.1, -0.05) is 0 Å². The Morgan fingerprint density at radius 2 is 1.77 bits per heavy atom. The van der Waals surface area contributed by atoms with Crippen LogP contribution in [0, 0.1) is 5.92 Å². The number of rotatable bonds is 6. The van der Waals surface area contributed by atoms with Gasteiger partial charge in [-0.2, -0.15) is 18.2 Å². The first-order valence-corrected chi connectivity index (χ1v) is 11.2. The van der Waals surface area contributed by atoms with Crippen LogP contribution >= 0.6 is 0 Å². The molecule has 1 N–H and O–H groups in total. The van der Waals surface area contributed by atoms with E-state index in [-0.39, 0.29) is 37.3 Å². The molecule has 2 aliphatic heterocycles. The van der Waals surface area contributed by atoms with Gasteiger partial charge in [0.25, 0.3) is 0 Å². The third-order valence-electron chi connectivity index (χ3n) is 7.68. The van der Waals surface area contributed by atoms with Crippen LogP contribution in [0.3, 0.4) is 0 Å². The Bertz CT molecular complexity index is 1220. The fourth-order valence-corrected chi connectivity index (χ4v) is 5.91. The zero-order valence-corrected chi connectivity index (χ0v) is 18.6. The number of oxazole rings is 2. The summed E-state index contributed by atoms with van der Waals surface area (Å²) < 4.78 is 52.6. The molecule has 10 nitrogen and oxygen atoms in total. The van der Waals surface area contributed by atoms with Crippen LogP contribution in [-0.4, -0.2) is 56.7 Å². The Kier molecular flexibility index (Phi) is 4.49. The molecule has 3 atom stereocenters. The van der Waals surface area contributed by atoms with E-state index in [0.29, 0.717) is 18.3 Å². The van der Waals surface area contributed by atoms with Crippen molar-refractivity contribution in [2.75, 3.05) is 29.4 Å². The number of fused-ring (bicyclic) bond motifs is 1. The molecule has 1 aliphatic carbocycles. The Hall–Kier alpha value is -3.64. The summed E-state index contributed by atoms with van der Waals surface area (Å²) in [5.74, 6) is -0.772. The highest BCUT2D eigenvalue weighted by Gasteiger charge is 2.86. The number of halogens is 3. The lowest BCUT2D eigenvalue weighted by Gasteiger charge is -2.39. The van der Waals surface area contributed by atoms with Crippen molar-refractivity contribution in [2.24, 2.45) is 5.92 Å². The van der Waals surface area contributed by atoms with Crippen LogP contribution in [0.25, 0.3) is 0 Å². The molecule has 2 unspecified atom stereocenters. The molecule has 13 heteroatoms. The zero-order chi connectivity index (χ0) is 24.6. The van der Waals surface area contributed by atoms with E-state index in [2.05, 4.69) is 19.9 Å². The van der Waals surface area contributed by atoms with E-state index in [1.807, 2.05) is 6.92 Å². The average Bonchev–Trinajstić information content (AvgIpc) is 3.41. The first-order chi connectivity index (χ1) is 16.7. The van der Waals surface area contributed by atoms with Crippen LogP contribution in [0.1, 0.15) is 37.2 Å². The molecule has 6 rings (SSSR count). The monoisotopic (exact) mass is 490 g/mol. The molecule has 184 valence electrons. The first-order valence-electron chi connectivity index (χ1n) is 11.2. The van der Waals surface area contributed by atoms with Gasteiger partial charge in [-0.05, 0) is 13.3 Å². The third-order valence-corrected chi connectivity index (χ3v) is 7.68. The number of anilines is 2. The summed E-state index contributed by atoms with van der Waals surface area (Å²) in [4.78, 5) is 32.1. The van der Waals surface area contributed by atoms with Gasteiger partial charge in [-0.25, -0.2) is 15.0 Å². The number of piperidine rings is 1. The molecule has 0 bridgehead atoms. The first kappa shape index (κ1) is 21.9. The number of aromatic nitrogens is 4. The summed E-state index contributed by atoms with van der Waals surface area (Å²) in [5.41, 5.74) is -2.93. The number of carboxylic acid groups (broad SMARTS) is 1. The summed E-state index contributed by atoms with van der Waals surface area (Å²) in [6.45, 7) is 2.75. The fraction of sp³-hybridized carbons (Fsp3) is 0.500. The topological polar surface area (TPSA) is 122 Å². The Balaban J connectivity index is 1.46. The minimum atomic E-state index is -4.66. The normalized spacial score (nSPS) is 29.7. The van der Waals surface area contributed by atoms with E-state index in [9.17, 15) is 23.1 Å². The summed E-state index contributed by atoms with van der Waals surface area (Å²) in [7, 11) is 0. The van der Waals surface area contributed by atoms with Gasteiger partial charge in [0.2, 0.25) is 17.7 Å². The molecule has 3 fully saturated rings. The van der Waals surface area contributed by atoms with Crippen molar-refractivity contribution in [3.8, 4) is 0 Å². The quantitative estimate of drug-likeness (QED) is 0.552. The number of nitrogens with zero attached hydrogens (tertiary/aromatic N) is 6. The predicted octanol–water partition coefficient (Wildman–Crippen LogP) is 2.87. The molecule has 3 aliphatic rings. The van der Waals surface area contributed by atoms with E-state index in [1.165, 1.54) is 24.9 Å². The van der Waals surface area contributed by atoms with Gasteiger partial charge in [0.05, 0.1) is 29.6 Å². The summed E-state index contributed by atoms with van der Waals surface area (Å²) in [6, 6.07) is 0.966. The van der Waals surface area contributed by atoms with Gasteiger partial charge < -0.3 is 23.7 Å². The molecule has 0 radical (unpaired) electrons. The highest BCUT2D eigenvalue weighted by Crippen LogP contribution is 2.74. The number of hydrogen-bond acceptors (Lipinski definition) is 9. The molecule has 3 aromatic heterocycles. The minimum Gasteiger partial charge on any atom is -0.481 e. The fourth-order valence-electron chi connectivity index (χ4n) is 5.91. The van der Waals surface area contributed by atoms with E-state index >= 15 is 0 Å². The van der Waals surface area contributed by atoms with Gasteiger partial charge in [-0.15, -0.1) is 0 Å². The van der Waals surface area contributed by atoms with Gasteiger partial charge in [-0.3, -0.25) is 4.79 Å². The van der Waals surface area contributed by atoms with Crippen molar-refractivity contribution in [1.29, 1.82) is 0 Å². The summed E-state index contributed by atoms with van der Waals surface area (Å²) >= 11 is 0. The van der Waals surface area contributed by atoms with Crippen LogP contribution in [0.4, 0.5) is 24.9 Å². The molecule has 1 saturated carbocycles. The highest BCUT2D eigenvalue weighted by molar-refractivity contribution is 5.71. The molecular formula is C22H21F3N6O4. The average molecular weight is 490 g/mol. The van der Waals surface area contributed by atoms with E-state index in [1.54, 1.807) is 9.80 Å². The van der Waals surface area contributed by atoms with Gasteiger partial charge in [0, 0.05) is 37.7 Å². The van der Waals surface area contributed by atoms with E-state index in [0.717, 1.165) is 12.5 Å². The summed E-state index contributed by atoms with van der Waals surface area (Å²) in [6.07, 6.45) is 1.68. The third kappa shape index (κ3) is 2.99. The Morgan fingerprint density at radius 1 is 1.14 bits per heavy atom. The molecule has 5 heterocycles. The van der Waals surface area contributed by atoms with Crippen LogP contribution in [-0.2, 0) is 21.8 Å². The lowest BCUT2D eigenvalue weighted by Crippen LogP contribution is -2.47. The standard InChI is InChI=1S/C22H21F3N6O4/c1-12-2-5-31(12)19-28-14(22(23,24)25)9-15(29-19)30-10-20(17-26-3-6-34-17)13(8-16(32)33)21(20,11-30)18-27-4-7-35-18/h3-4,6-7,9,12-13H,2,5,8,10-11H2,1H3,(H,32,33)/t12-,13?,20?,21?/m0/s1. The number of carboxylic acids is 1. The number of carbonyl (C=O) groups is 1. The van der Waals surface area contributed by atoms with Crippen LogP contribution in [0.5, 0.6) is 0 Å². The van der Waals surface area contributed by atoms with Gasteiger partial charge >= 0.3 is 12.1 Å². The summed E-state index contributed by atoms with van der Waals surface area (Å²) in [5, 5.41) is 9.60. The van der Waals surface area contributed by atoms with Crippen molar-refractivity contribution in [1.82, 2.24) is 19.9 Å².